The summed E-state index contributed by atoms with van der Waals surface area (Å²) in [7, 11) is -3.59. The van der Waals surface area contributed by atoms with Crippen LogP contribution < -0.4 is 0 Å². The molecule has 1 fully saturated rings. The third-order valence-corrected chi connectivity index (χ3v) is 7.73. The highest BCUT2D eigenvalue weighted by Crippen LogP contribution is 2.31. The fourth-order valence-corrected chi connectivity index (χ4v) is 5.50. The maximum absolute atomic E-state index is 13.1. The predicted molar refractivity (Wildman–Crippen MR) is 121 cm³/mol. The van der Waals surface area contributed by atoms with Crippen LogP contribution in [0.15, 0.2) is 83.8 Å². The standard InChI is InChI=1S/C24H22ClN3O2S/c25-22-10-8-21(9-11-22)24(20-4-2-1-3-5-20)27-14-16-28(17-15-27)31(29,30)23-12-6-19(18-26)7-13-23/h1-13,24H,14-17H2/t24-/m0/s1. The van der Waals surface area contributed by atoms with Crippen LogP contribution in [0.5, 0.6) is 0 Å². The number of rotatable bonds is 5. The number of nitrogens with zero attached hydrogens (tertiary/aromatic N) is 3. The average molecular weight is 452 g/mol. The van der Waals surface area contributed by atoms with Crippen LogP contribution in [0.25, 0.3) is 0 Å². The Kier molecular flexibility index (Phi) is 6.40. The summed E-state index contributed by atoms with van der Waals surface area (Å²) in [5.74, 6) is 0. The second-order valence-corrected chi connectivity index (χ2v) is 9.82. The molecule has 158 valence electrons. The highest BCUT2D eigenvalue weighted by atomic mass is 35.5. The summed E-state index contributed by atoms with van der Waals surface area (Å²) < 4.78 is 27.6. The van der Waals surface area contributed by atoms with Crippen molar-refractivity contribution in [3.63, 3.8) is 0 Å². The van der Waals surface area contributed by atoms with Crippen LogP contribution in [0, 0.1) is 11.3 Å². The van der Waals surface area contributed by atoms with E-state index in [0.717, 1.165) is 11.1 Å². The Hall–Kier alpha value is -2.69. The molecule has 5 nitrogen and oxygen atoms in total. The SMILES string of the molecule is N#Cc1ccc(S(=O)(=O)N2CCN([C@@H](c3ccccc3)c3ccc(Cl)cc3)CC2)cc1. The minimum absolute atomic E-state index is 0.0261. The number of sulfonamides is 1. The first-order valence-electron chi connectivity index (χ1n) is 10.0. The van der Waals surface area contributed by atoms with Gasteiger partial charge in [0.15, 0.2) is 0 Å². The normalized spacial score (nSPS) is 16.5. The fraction of sp³-hybridized carbons (Fsp3) is 0.208. The van der Waals surface area contributed by atoms with E-state index >= 15 is 0 Å². The largest absolute Gasteiger partial charge is 0.290 e. The van der Waals surface area contributed by atoms with Crippen molar-refractivity contribution in [2.45, 2.75) is 10.9 Å². The number of nitriles is 1. The lowest BCUT2D eigenvalue weighted by molar-refractivity contribution is 0.156. The van der Waals surface area contributed by atoms with E-state index < -0.39 is 10.0 Å². The summed E-state index contributed by atoms with van der Waals surface area (Å²) in [6.07, 6.45) is 0. The summed E-state index contributed by atoms with van der Waals surface area (Å²) in [4.78, 5) is 2.53. The van der Waals surface area contributed by atoms with Crippen molar-refractivity contribution in [3.05, 3.63) is 101 Å². The molecule has 7 heteroatoms. The zero-order valence-corrected chi connectivity index (χ0v) is 18.4. The van der Waals surface area contributed by atoms with E-state index in [1.54, 1.807) is 0 Å². The van der Waals surface area contributed by atoms with Gasteiger partial charge < -0.3 is 0 Å². The lowest BCUT2D eigenvalue weighted by Gasteiger charge is -2.39. The molecule has 0 amide bonds. The Bertz CT molecular complexity index is 1170. The van der Waals surface area contributed by atoms with Gasteiger partial charge in [0.05, 0.1) is 22.6 Å². The fourth-order valence-electron chi connectivity index (χ4n) is 3.95. The van der Waals surface area contributed by atoms with Crippen molar-refractivity contribution >= 4 is 21.6 Å². The van der Waals surface area contributed by atoms with Crippen molar-refractivity contribution in [2.24, 2.45) is 0 Å². The smallest absolute Gasteiger partial charge is 0.243 e. The van der Waals surface area contributed by atoms with E-state index in [1.165, 1.54) is 28.6 Å². The molecule has 1 saturated heterocycles. The lowest BCUT2D eigenvalue weighted by Crippen LogP contribution is -2.49. The summed E-state index contributed by atoms with van der Waals surface area (Å²) in [6, 6.07) is 26.2. The molecule has 0 N–H and O–H groups in total. The number of hydrogen-bond acceptors (Lipinski definition) is 4. The van der Waals surface area contributed by atoms with Gasteiger partial charge in [-0.1, -0.05) is 54.1 Å². The molecule has 3 aromatic carbocycles. The Morgan fingerprint density at radius 1 is 0.806 bits per heavy atom. The van der Waals surface area contributed by atoms with Crippen molar-refractivity contribution in [2.75, 3.05) is 26.2 Å². The number of benzene rings is 3. The second-order valence-electron chi connectivity index (χ2n) is 7.44. The van der Waals surface area contributed by atoms with Gasteiger partial charge in [-0.25, -0.2) is 8.42 Å². The Balaban J connectivity index is 1.55. The molecule has 3 aromatic rings. The van der Waals surface area contributed by atoms with Crippen LogP contribution >= 0.6 is 11.6 Å². The Morgan fingerprint density at radius 3 is 1.97 bits per heavy atom. The summed E-state index contributed by atoms with van der Waals surface area (Å²) >= 11 is 6.09. The van der Waals surface area contributed by atoms with Gasteiger partial charge in [0, 0.05) is 31.2 Å². The van der Waals surface area contributed by atoms with Gasteiger partial charge in [-0.05, 0) is 47.5 Å². The molecule has 31 heavy (non-hydrogen) atoms. The zero-order chi connectivity index (χ0) is 21.8. The minimum atomic E-state index is -3.59. The number of halogens is 1. The van der Waals surface area contributed by atoms with Crippen LogP contribution in [0.1, 0.15) is 22.7 Å². The van der Waals surface area contributed by atoms with E-state index in [4.69, 9.17) is 16.9 Å². The summed E-state index contributed by atoms with van der Waals surface area (Å²) in [5.41, 5.74) is 2.73. The Labute approximate surface area is 188 Å². The summed E-state index contributed by atoms with van der Waals surface area (Å²) in [6.45, 7) is 2.02. The first-order chi connectivity index (χ1) is 15.0. The van der Waals surface area contributed by atoms with Gasteiger partial charge in [0.25, 0.3) is 0 Å². The maximum Gasteiger partial charge on any atom is 0.243 e. The van der Waals surface area contributed by atoms with E-state index in [1.807, 2.05) is 48.5 Å². The van der Waals surface area contributed by atoms with Gasteiger partial charge in [0.2, 0.25) is 10.0 Å². The molecule has 0 aliphatic carbocycles. The number of hydrogen-bond donors (Lipinski definition) is 0. The topological polar surface area (TPSA) is 64.4 Å². The first-order valence-corrected chi connectivity index (χ1v) is 11.9. The van der Waals surface area contributed by atoms with Gasteiger partial charge >= 0.3 is 0 Å². The average Bonchev–Trinajstić information content (AvgIpc) is 2.81. The van der Waals surface area contributed by atoms with E-state index in [0.29, 0.717) is 36.8 Å². The van der Waals surface area contributed by atoms with Crippen molar-refractivity contribution in [3.8, 4) is 6.07 Å². The first kappa shape index (κ1) is 21.5. The molecule has 1 aliphatic rings. The number of piperazine rings is 1. The lowest BCUT2D eigenvalue weighted by atomic mass is 9.96. The van der Waals surface area contributed by atoms with E-state index in [9.17, 15) is 8.42 Å². The quantitative estimate of drug-likeness (QED) is 0.580. The van der Waals surface area contributed by atoms with Crippen molar-refractivity contribution in [1.82, 2.24) is 9.21 Å². The molecule has 0 saturated carbocycles. The molecule has 0 unspecified atom stereocenters. The van der Waals surface area contributed by atoms with Crippen LogP contribution in [-0.2, 0) is 10.0 Å². The molecule has 0 radical (unpaired) electrons. The zero-order valence-electron chi connectivity index (χ0n) is 16.9. The van der Waals surface area contributed by atoms with Gasteiger partial charge in [-0.2, -0.15) is 9.57 Å². The highest BCUT2D eigenvalue weighted by molar-refractivity contribution is 7.89. The third-order valence-electron chi connectivity index (χ3n) is 5.56. The van der Waals surface area contributed by atoms with Crippen LogP contribution in [-0.4, -0.2) is 43.8 Å². The van der Waals surface area contributed by atoms with Crippen LogP contribution in [0.3, 0.4) is 0 Å². The molecule has 0 spiro atoms. The molecule has 1 atom stereocenters. The summed E-state index contributed by atoms with van der Waals surface area (Å²) in [5, 5.41) is 9.63. The molecule has 1 heterocycles. The third kappa shape index (κ3) is 4.65. The van der Waals surface area contributed by atoms with Gasteiger partial charge in [-0.3, -0.25) is 4.90 Å². The second kappa shape index (κ2) is 9.21. The molecule has 0 aromatic heterocycles. The van der Waals surface area contributed by atoms with E-state index in [-0.39, 0.29) is 10.9 Å². The molecular weight excluding hydrogens is 430 g/mol. The molecule has 4 rings (SSSR count). The van der Waals surface area contributed by atoms with Gasteiger partial charge in [0.1, 0.15) is 0 Å². The maximum atomic E-state index is 13.1. The molecule has 1 aliphatic heterocycles. The monoisotopic (exact) mass is 451 g/mol. The van der Waals surface area contributed by atoms with Crippen molar-refractivity contribution in [1.29, 1.82) is 5.26 Å². The van der Waals surface area contributed by atoms with Crippen LogP contribution in [0.2, 0.25) is 5.02 Å². The molecule has 0 bridgehead atoms. The molecular formula is C24H22ClN3O2S. The minimum Gasteiger partial charge on any atom is -0.290 e. The Morgan fingerprint density at radius 2 is 1.39 bits per heavy atom. The van der Waals surface area contributed by atoms with Crippen molar-refractivity contribution < 1.29 is 8.42 Å². The van der Waals surface area contributed by atoms with Gasteiger partial charge in [-0.15, -0.1) is 0 Å². The van der Waals surface area contributed by atoms with Crippen LogP contribution in [0.4, 0.5) is 0 Å². The van der Waals surface area contributed by atoms with E-state index in [2.05, 4.69) is 17.0 Å². The highest BCUT2D eigenvalue weighted by Gasteiger charge is 2.32. The predicted octanol–water partition coefficient (Wildman–Crippen LogP) is 4.31.